The van der Waals surface area contributed by atoms with Crippen molar-refractivity contribution >= 4 is 32.4 Å². The van der Waals surface area contributed by atoms with Crippen molar-refractivity contribution < 1.29 is 8.42 Å². The number of thiazole rings is 1. The molecule has 9 heteroatoms. The maximum absolute atomic E-state index is 12.2. The number of sulfonamides is 1. The van der Waals surface area contributed by atoms with Crippen LogP contribution in [0.1, 0.15) is 32.4 Å². The van der Waals surface area contributed by atoms with Crippen molar-refractivity contribution in [1.82, 2.24) is 15.0 Å². The van der Waals surface area contributed by atoms with Gasteiger partial charge in [0.2, 0.25) is 5.95 Å². The number of hydrogen-bond acceptors (Lipinski definition) is 7. The maximum atomic E-state index is 12.2. The molecule has 2 rings (SSSR count). The van der Waals surface area contributed by atoms with Gasteiger partial charge < -0.3 is 5.32 Å². The first-order valence-electron chi connectivity index (χ1n) is 6.46. The normalized spacial score (nSPS) is 11.6. The lowest BCUT2D eigenvalue weighted by atomic mass is 10.2. The molecule has 0 aromatic carbocycles. The van der Waals surface area contributed by atoms with E-state index in [2.05, 4.69) is 25.0 Å². The lowest BCUT2D eigenvalue weighted by Crippen LogP contribution is -2.14. The predicted molar refractivity (Wildman–Crippen MR) is 83.2 cm³/mol. The molecule has 0 saturated heterocycles. The zero-order valence-electron chi connectivity index (χ0n) is 12.0. The molecule has 0 saturated carbocycles. The first kappa shape index (κ1) is 15.6. The van der Waals surface area contributed by atoms with Crippen LogP contribution in [0.3, 0.4) is 0 Å². The summed E-state index contributed by atoms with van der Waals surface area (Å²) in [6.45, 7) is 6.58. The zero-order valence-corrected chi connectivity index (χ0v) is 13.6. The van der Waals surface area contributed by atoms with E-state index >= 15 is 0 Å². The van der Waals surface area contributed by atoms with E-state index in [1.54, 1.807) is 0 Å². The summed E-state index contributed by atoms with van der Waals surface area (Å²) < 4.78 is 26.9. The van der Waals surface area contributed by atoms with Crippen molar-refractivity contribution in [3.05, 3.63) is 23.5 Å². The zero-order chi connectivity index (χ0) is 15.5. The average Bonchev–Trinajstić information content (AvgIpc) is 2.88. The lowest BCUT2D eigenvalue weighted by molar-refractivity contribution is 0.600. The van der Waals surface area contributed by atoms with Crippen molar-refractivity contribution in [2.75, 3.05) is 16.6 Å². The van der Waals surface area contributed by atoms with Gasteiger partial charge in [-0.2, -0.15) is 0 Å². The second kappa shape index (κ2) is 6.35. The minimum absolute atomic E-state index is 0.00505. The van der Waals surface area contributed by atoms with Crippen LogP contribution in [0.25, 0.3) is 0 Å². The van der Waals surface area contributed by atoms with Gasteiger partial charge in [-0.1, -0.05) is 13.8 Å². The highest BCUT2D eigenvalue weighted by molar-refractivity contribution is 7.93. The minimum Gasteiger partial charge on any atom is -0.355 e. The maximum Gasteiger partial charge on any atom is 0.266 e. The summed E-state index contributed by atoms with van der Waals surface area (Å²) in [5.74, 6) is 0.648. The summed E-state index contributed by atoms with van der Waals surface area (Å²) in [4.78, 5) is 12.2. The summed E-state index contributed by atoms with van der Waals surface area (Å²) in [7, 11) is -3.71. The van der Waals surface area contributed by atoms with Crippen LogP contribution in [0, 0.1) is 0 Å². The Bertz CT molecular complexity index is 695. The van der Waals surface area contributed by atoms with Gasteiger partial charge in [-0.3, -0.25) is 4.72 Å². The number of nitrogens with zero attached hydrogens (tertiary/aromatic N) is 3. The van der Waals surface area contributed by atoms with E-state index in [-0.39, 0.29) is 10.8 Å². The van der Waals surface area contributed by atoms with Gasteiger partial charge in [0.15, 0.2) is 5.13 Å². The van der Waals surface area contributed by atoms with Gasteiger partial charge in [0, 0.05) is 11.9 Å². The fraction of sp³-hybridized carbons (Fsp3) is 0.417. The number of nitrogens with one attached hydrogen (secondary N) is 2. The van der Waals surface area contributed by atoms with E-state index < -0.39 is 10.0 Å². The number of hydrogen-bond donors (Lipinski definition) is 2. The molecule has 2 aromatic rings. The van der Waals surface area contributed by atoms with Gasteiger partial charge in [0.1, 0.15) is 4.90 Å². The first-order valence-corrected chi connectivity index (χ1v) is 8.83. The summed E-state index contributed by atoms with van der Waals surface area (Å²) >= 11 is 1.26. The first-order chi connectivity index (χ1) is 9.92. The molecule has 7 nitrogen and oxygen atoms in total. The fourth-order valence-corrected chi connectivity index (χ4v) is 3.49. The third-order valence-corrected chi connectivity index (χ3v) is 4.81. The monoisotopic (exact) mass is 327 g/mol. The molecular formula is C12H17N5O2S2. The van der Waals surface area contributed by atoms with Crippen LogP contribution in [-0.2, 0) is 10.0 Å². The second-order valence-electron chi connectivity index (χ2n) is 4.61. The Morgan fingerprint density at radius 1 is 1.29 bits per heavy atom. The minimum atomic E-state index is -3.71. The Morgan fingerprint density at radius 2 is 1.95 bits per heavy atom. The average molecular weight is 327 g/mol. The van der Waals surface area contributed by atoms with E-state index in [0.717, 1.165) is 5.69 Å². The highest BCUT2D eigenvalue weighted by Crippen LogP contribution is 2.23. The van der Waals surface area contributed by atoms with E-state index in [9.17, 15) is 8.42 Å². The van der Waals surface area contributed by atoms with Gasteiger partial charge in [0.05, 0.1) is 18.1 Å². The Kier molecular flexibility index (Phi) is 4.73. The van der Waals surface area contributed by atoms with Gasteiger partial charge >= 0.3 is 0 Å². The molecule has 0 spiro atoms. The van der Waals surface area contributed by atoms with Crippen molar-refractivity contribution in [3.63, 3.8) is 0 Å². The third-order valence-electron chi connectivity index (χ3n) is 2.61. The molecule has 114 valence electrons. The predicted octanol–water partition coefficient (Wildman–Crippen LogP) is 2.29. The Balaban J connectivity index is 2.17. The molecule has 0 fully saturated rings. The van der Waals surface area contributed by atoms with Crippen molar-refractivity contribution in [2.45, 2.75) is 31.6 Å². The molecule has 0 amide bonds. The van der Waals surface area contributed by atoms with Crippen molar-refractivity contribution in [2.24, 2.45) is 0 Å². The Hall–Kier alpha value is -1.74. The van der Waals surface area contributed by atoms with Crippen LogP contribution in [0.5, 0.6) is 0 Å². The van der Waals surface area contributed by atoms with Gasteiger partial charge in [-0.05, 0) is 12.8 Å². The number of anilines is 2. The molecule has 0 aliphatic rings. The molecule has 0 aliphatic heterocycles. The molecule has 2 aromatic heterocycles. The van der Waals surface area contributed by atoms with E-state index in [1.807, 2.05) is 26.2 Å². The Morgan fingerprint density at radius 3 is 2.48 bits per heavy atom. The highest BCUT2D eigenvalue weighted by Gasteiger charge is 2.17. The third kappa shape index (κ3) is 3.88. The highest BCUT2D eigenvalue weighted by atomic mass is 32.2. The second-order valence-corrected chi connectivity index (χ2v) is 7.15. The van der Waals surface area contributed by atoms with Crippen molar-refractivity contribution in [1.29, 1.82) is 0 Å². The molecule has 21 heavy (non-hydrogen) atoms. The molecule has 2 heterocycles. The molecule has 0 bridgehead atoms. The fourth-order valence-electron chi connectivity index (χ4n) is 1.48. The van der Waals surface area contributed by atoms with Crippen LogP contribution in [0.15, 0.2) is 22.7 Å². The van der Waals surface area contributed by atoms with E-state index in [0.29, 0.717) is 17.6 Å². The molecule has 0 atom stereocenters. The smallest absolute Gasteiger partial charge is 0.266 e. The quantitative estimate of drug-likeness (QED) is 0.845. The molecule has 2 N–H and O–H groups in total. The molecule has 0 unspecified atom stereocenters. The van der Waals surface area contributed by atoms with E-state index in [1.165, 1.54) is 23.7 Å². The summed E-state index contributed by atoms with van der Waals surface area (Å²) in [6, 6.07) is 0. The largest absolute Gasteiger partial charge is 0.355 e. The van der Waals surface area contributed by atoms with Crippen LogP contribution in [0.4, 0.5) is 11.1 Å². The van der Waals surface area contributed by atoms with Gasteiger partial charge in [0.25, 0.3) is 10.0 Å². The molecular weight excluding hydrogens is 310 g/mol. The van der Waals surface area contributed by atoms with Crippen LogP contribution in [-0.4, -0.2) is 29.9 Å². The lowest BCUT2D eigenvalue weighted by Gasteiger charge is -2.05. The van der Waals surface area contributed by atoms with Crippen LogP contribution in [0.2, 0.25) is 0 Å². The summed E-state index contributed by atoms with van der Waals surface area (Å²) in [6.07, 6.45) is 2.54. The number of aromatic nitrogens is 3. The summed E-state index contributed by atoms with van der Waals surface area (Å²) in [5.41, 5.74) is 0.858. The standard InChI is InChI=1S/C12H17N5O2S2/c1-4-13-11-14-5-9(6-15-11)21(18,19)17-12-16-10(7-20-12)8(2)3/h5-8H,4H2,1-3H3,(H,16,17)(H,13,14,15). The SMILES string of the molecule is CCNc1ncc(S(=O)(=O)Nc2nc(C(C)C)cs2)cn1. The van der Waals surface area contributed by atoms with Gasteiger partial charge in [-0.25, -0.2) is 23.4 Å². The van der Waals surface area contributed by atoms with Crippen LogP contribution >= 0.6 is 11.3 Å². The van der Waals surface area contributed by atoms with E-state index in [4.69, 9.17) is 0 Å². The molecule has 0 aliphatic carbocycles. The van der Waals surface area contributed by atoms with Crippen LogP contribution < -0.4 is 10.0 Å². The molecule has 0 radical (unpaired) electrons. The topological polar surface area (TPSA) is 96.9 Å². The number of rotatable bonds is 6. The van der Waals surface area contributed by atoms with Crippen molar-refractivity contribution in [3.8, 4) is 0 Å². The Labute approximate surface area is 127 Å². The summed E-state index contributed by atoms with van der Waals surface area (Å²) in [5, 5.41) is 5.09. The van der Waals surface area contributed by atoms with Gasteiger partial charge in [-0.15, -0.1) is 11.3 Å².